The number of amides is 1. The summed E-state index contributed by atoms with van der Waals surface area (Å²) in [4.78, 5) is 14.2. The number of halogens is 1. The van der Waals surface area contributed by atoms with Gasteiger partial charge in [-0.25, -0.2) is 4.79 Å². The van der Waals surface area contributed by atoms with Crippen LogP contribution in [0.15, 0.2) is 28.7 Å². The molecule has 0 spiro atoms. The highest BCUT2D eigenvalue weighted by Gasteiger charge is 2.30. The van der Waals surface area contributed by atoms with Crippen molar-refractivity contribution in [2.24, 2.45) is 0 Å². The van der Waals surface area contributed by atoms with E-state index in [4.69, 9.17) is 4.74 Å². The molecule has 1 saturated heterocycles. The van der Waals surface area contributed by atoms with Gasteiger partial charge in [0.05, 0.1) is 6.04 Å². The summed E-state index contributed by atoms with van der Waals surface area (Å²) in [5, 5.41) is 3.42. The highest BCUT2D eigenvalue weighted by molar-refractivity contribution is 9.10. The van der Waals surface area contributed by atoms with Crippen molar-refractivity contribution in [2.45, 2.75) is 51.7 Å². The van der Waals surface area contributed by atoms with Gasteiger partial charge in [-0.05, 0) is 58.2 Å². The van der Waals surface area contributed by atoms with Crippen molar-refractivity contribution in [3.8, 4) is 0 Å². The quantitative estimate of drug-likeness (QED) is 0.843. The molecule has 1 aromatic carbocycles. The molecule has 1 aliphatic rings. The molecule has 1 atom stereocenters. The lowest BCUT2D eigenvalue weighted by Crippen LogP contribution is -2.48. The molecule has 2 rings (SSSR count). The van der Waals surface area contributed by atoms with Crippen molar-refractivity contribution < 1.29 is 9.53 Å². The lowest BCUT2D eigenvalue weighted by Gasteiger charge is -2.37. The van der Waals surface area contributed by atoms with Crippen LogP contribution in [-0.4, -0.2) is 35.7 Å². The zero-order chi connectivity index (χ0) is 16.2. The van der Waals surface area contributed by atoms with Gasteiger partial charge in [-0.3, -0.25) is 0 Å². The van der Waals surface area contributed by atoms with Crippen molar-refractivity contribution in [1.29, 1.82) is 0 Å². The molecule has 0 aromatic heterocycles. The van der Waals surface area contributed by atoms with Gasteiger partial charge < -0.3 is 15.0 Å². The minimum absolute atomic E-state index is 0.183. The zero-order valence-corrected chi connectivity index (χ0v) is 15.1. The third-order valence-electron chi connectivity index (χ3n) is 3.62. The van der Waals surface area contributed by atoms with Crippen LogP contribution < -0.4 is 5.32 Å². The third-order valence-corrected chi connectivity index (χ3v) is 4.11. The number of benzene rings is 1. The first-order chi connectivity index (χ1) is 10.3. The number of likely N-dealkylation sites (tertiary alicyclic amines) is 1. The van der Waals surface area contributed by atoms with Crippen molar-refractivity contribution in [3.05, 3.63) is 28.7 Å². The van der Waals surface area contributed by atoms with Crippen LogP contribution in [0.2, 0.25) is 0 Å². The summed E-state index contributed by atoms with van der Waals surface area (Å²) in [6.07, 6.45) is 3.02. The van der Waals surface area contributed by atoms with Crippen LogP contribution in [0, 0.1) is 0 Å². The minimum Gasteiger partial charge on any atom is -0.444 e. The van der Waals surface area contributed by atoms with E-state index in [0.717, 1.165) is 42.5 Å². The predicted octanol–water partition coefficient (Wildman–Crippen LogP) is 4.65. The van der Waals surface area contributed by atoms with Crippen LogP contribution >= 0.6 is 15.9 Å². The van der Waals surface area contributed by atoms with Gasteiger partial charge in [0.2, 0.25) is 0 Å². The van der Waals surface area contributed by atoms with Crippen molar-refractivity contribution >= 4 is 27.7 Å². The lowest BCUT2D eigenvalue weighted by molar-refractivity contribution is 0.0114. The smallest absolute Gasteiger partial charge is 0.410 e. The summed E-state index contributed by atoms with van der Waals surface area (Å²) in [7, 11) is 0. The molecule has 5 heteroatoms. The van der Waals surface area contributed by atoms with Gasteiger partial charge in [-0.1, -0.05) is 22.0 Å². The van der Waals surface area contributed by atoms with Crippen LogP contribution in [0.4, 0.5) is 10.5 Å². The molecule has 122 valence electrons. The highest BCUT2D eigenvalue weighted by atomic mass is 79.9. The molecule has 0 bridgehead atoms. The van der Waals surface area contributed by atoms with Gasteiger partial charge >= 0.3 is 6.09 Å². The SMILES string of the molecule is CC(C)(C)OC(=O)N1CCCC[C@H]1CNc1cccc(Br)c1. The van der Waals surface area contributed by atoms with E-state index < -0.39 is 5.60 Å². The molecule has 1 aromatic rings. The maximum atomic E-state index is 12.4. The maximum absolute atomic E-state index is 12.4. The van der Waals surface area contributed by atoms with Gasteiger partial charge in [0.25, 0.3) is 0 Å². The monoisotopic (exact) mass is 368 g/mol. The molecule has 1 amide bonds. The summed E-state index contributed by atoms with van der Waals surface area (Å²) in [6, 6.07) is 8.26. The molecule has 0 radical (unpaired) electrons. The molecule has 1 fully saturated rings. The van der Waals surface area contributed by atoms with E-state index in [1.165, 1.54) is 0 Å². The molecule has 22 heavy (non-hydrogen) atoms. The summed E-state index contributed by atoms with van der Waals surface area (Å²) >= 11 is 3.47. The molecule has 1 N–H and O–H groups in total. The highest BCUT2D eigenvalue weighted by Crippen LogP contribution is 2.22. The number of hydrogen-bond acceptors (Lipinski definition) is 3. The third kappa shape index (κ3) is 5.20. The number of anilines is 1. The van der Waals surface area contributed by atoms with Crippen LogP contribution in [0.5, 0.6) is 0 Å². The summed E-state index contributed by atoms with van der Waals surface area (Å²) in [6.45, 7) is 7.24. The van der Waals surface area contributed by atoms with E-state index in [9.17, 15) is 4.79 Å². The first-order valence-electron chi connectivity index (χ1n) is 7.84. The lowest BCUT2D eigenvalue weighted by atomic mass is 10.0. The molecule has 0 unspecified atom stereocenters. The fraction of sp³-hybridized carbons (Fsp3) is 0.588. The van der Waals surface area contributed by atoms with Gasteiger partial charge in [0, 0.05) is 23.2 Å². The first kappa shape index (κ1) is 17.1. The second-order valence-corrected chi connectivity index (χ2v) is 7.63. The van der Waals surface area contributed by atoms with E-state index in [2.05, 4.69) is 21.2 Å². The molecule has 1 aliphatic heterocycles. The Hall–Kier alpha value is -1.23. The van der Waals surface area contributed by atoms with E-state index in [1.54, 1.807) is 0 Å². The Bertz CT molecular complexity index is 514. The Kier molecular flexibility index (Phi) is 5.73. The van der Waals surface area contributed by atoms with E-state index in [0.29, 0.717) is 0 Å². The van der Waals surface area contributed by atoms with Crippen LogP contribution in [0.1, 0.15) is 40.0 Å². The minimum atomic E-state index is -0.448. The van der Waals surface area contributed by atoms with Gasteiger partial charge in [0.1, 0.15) is 5.60 Å². The number of piperidine rings is 1. The fourth-order valence-electron chi connectivity index (χ4n) is 2.61. The number of nitrogens with one attached hydrogen (secondary N) is 1. The Morgan fingerprint density at radius 2 is 2.18 bits per heavy atom. The van der Waals surface area contributed by atoms with Crippen LogP contribution in [0.25, 0.3) is 0 Å². The first-order valence-corrected chi connectivity index (χ1v) is 8.63. The van der Waals surface area contributed by atoms with Gasteiger partial charge in [0.15, 0.2) is 0 Å². The van der Waals surface area contributed by atoms with Crippen molar-refractivity contribution in [1.82, 2.24) is 4.90 Å². The van der Waals surface area contributed by atoms with E-state index in [1.807, 2.05) is 49.9 Å². The van der Waals surface area contributed by atoms with Crippen molar-refractivity contribution in [2.75, 3.05) is 18.4 Å². The second kappa shape index (κ2) is 7.36. The van der Waals surface area contributed by atoms with Gasteiger partial charge in [-0.2, -0.15) is 0 Å². The molecule has 0 saturated carbocycles. The average molecular weight is 369 g/mol. The molecule has 4 nitrogen and oxygen atoms in total. The van der Waals surface area contributed by atoms with E-state index >= 15 is 0 Å². The topological polar surface area (TPSA) is 41.6 Å². The standard InChI is InChI=1S/C17H25BrN2O2/c1-17(2,3)22-16(21)20-10-5-4-9-15(20)12-19-14-8-6-7-13(18)11-14/h6-8,11,15,19H,4-5,9-10,12H2,1-3H3/t15-/m0/s1. The predicted molar refractivity (Wildman–Crippen MR) is 93.2 cm³/mol. The Morgan fingerprint density at radius 1 is 1.41 bits per heavy atom. The maximum Gasteiger partial charge on any atom is 0.410 e. The van der Waals surface area contributed by atoms with Crippen LogP contribution in [0.3, 0.4) is 0 Å². The summed E-state index contributed by atoms with van der Waals surface area (Å²) < 4.78 is 6.58. The Balaban J connectivity index is 1.96. The summed E-state index contributed by atoms with van der Waals surface area (Å²) in [5.74, 6) is 0. The normalized spacial score (nSPS) is 18.9. The number of ether oxygens (including phenoxy) is 1. The largest absolute Gasteiger partial charge is 0.444 e. The van der Waals surface area contributed by atoms with Crippen LogP contribution in [-0.2, 0) is 4.74 Å². The molecule has 0 aliphatic carbocycles. The Morgan fingerprint density at radius 3 is 2.86 bits per heavy atom. The Labute approximate surface area is 141 Å². The molecular formula is C17H25BrN2O2. The number of hydrogen-bond donors (Lipinski definition) is 1. The number of carbonyl (C=O) groups excluding carboxylic acids is 1. The van der Waals surface area contributed by atoms with Gasteiger partial charge in [-0.15, -0.1) is 0 Å². The average Bonchev–Trinajstić information content (AvgIpc) is 2.44. The molecular weight excluding hydrogens is 344 g/mol. The number of nitrogens with zero attached hydrogens (tertiary/aromatic N) is 1. The zero-order valence-electron chi connectivity index (χ0n) is 13.6. The fourth-order valence-corrected chi connectivity index (χ4v) is 3.01. The summed E-state index contributed by atoms with van der Waals surface area (Å²) in [5.41, 5.74) is 0.612. The molecule has 1 heterocycles. The second-order valence-electron chi connectivity index (χ2n) is 6.71. The number of carbonyl (C=O) groups is 1. The van der Waals surface area contributed by atoms with Crippen molar-refractivity contribution in [3.63, 3.8) is 0 Å². The number of rotatable bonds is 3. The van der Waals surface area contributed by atoms with E-state index in [-0.39, 0.29) is 12.1 Å².